The summed E-state index contributed by atoms with van der Waals surface area (Å²) in [5, 5.41) is 0.240. The first-order valence-electron chi connectivity index (χ1n) is 10.4. The van der Waals surface area contributed by atoms with Crippen LogP contribution in [0.2, 0.25) is 5.02 Å². The molecule has 1 aliphatic heterocycles. The van der Waals surface area contributed by atoms with E-state index in [0.29, 0.717) is 23.7 Å². The number of methoxy groups -OCH3 is 1. The molecule has 0 spiro atoms. The molecule has 0 bridgehead atoms. The monoisotopic (exact) mass is 484 g/mol. The van der Waals surface area contributed by atoms with E-state index in [9.17, 15) is 22.8 Å². The van der Waals surface area contributed by atoms with Crippen molar-refractivity contribution in [1.82, 2.24) is 9.80 Å². The van der Waals surface area contributed by atoms with Crippen molar-refractivity contribution in [3.8, 4) is 11.5 Å². The number of ether oxygens (including phenoxy) is 2. The van der Waals surface area contributed by atoms with Crippen molar-refractivity contribution in [2.24, 2.45) is 0 Å². The third-order valence-electron chi connectivity index (χ3n) is 5.24. The van der Waals surface area contributed by atoms with Gasteiger partial charge in [-0.1, -0.05) is 30.7 Å². The second-order valence-corrected chi connectivity index (χ2v) is 7.87. The van der Waals surface area contributed by atoms with Crippen molar-refractivity contribution in [3.63, 3.8) is 0 Å². The molecule has 33 heavy (non-hydrogen) atoms. The molecule has 2 aromatic carbocycles. The number of alkyl halides is 3. The predicted octanol–water partition coefficient (Wildman–Crippen LogP) is 4.75. The van der Waals surface area contributed by atoms with Gasteiger partial charge in [-0.05, 0) is 30.7 Å². The highest BCUT2D eigenvalue weighted by atomic mass is 35.5. The van der Waals surface area contributed by atoms with E-state index >= 15 is 0 Å². The summed E-state index contributed by atoms with van der Waals surface area (Å²) in [6, 6.07) is 7.73. The molecule has 1 heterocycles. The van der Waals surface area contributed by atoms with Crippen molar-refractivity contribution in [2.45, 2.75) is 19.5 Å². The molecule has 0 saturated carbocycles. The minimum Gasteiger partial charge on any atom is -0.493 e. The zero-order valence-corrected chi connectivity index (χ0v) is 19.0. The Morgan fingerprint density at radius 2 is 1.64 bits per heavy atom. The second-order valence-electron chi connectivity index (χ2n) is 7.47. The number of hydrogen-bond donors (Lipinski definition) is 0. The molecular formula is C23H24ClF3N2O4. The average molecular weight is 485 g/mol. The van der Waals surface area contributed by atoms with Crippen molar-refractivity contribution >= 4 is 23.4 Å². The van der Waals surface area contributed by atoms with Gasteiger partial charge in [0.05, 0.1) is 29.9 Å². The van der Waals surface area contributed by atoms with Gasteiger partial charge in [-0.3, -0.25) is 9.59 Å². The molecule has 2 amide bonds. The predicted molar refractivity (Wildman–Crippen MR) is 117 cm³/mol. The molecule has 1 fully saturated rings. The van der Waals surface area contributed by atoms with Crippen LogP contribution in [0.5, 0.6) is 11.5 Å². The third kappa shape index (κ3) is 5.52. The molecule has 0 aliphatic carbocycles. The van der Waals surface area contributed by atoms with E-state index in [1.807, 2.05) is 6.92 Å². The van der Waals surface area contributed by atoms with Crippen LogP contribution in [0.3, 0.4) is 0 Å². The summed E-state index contributed by atoms with van der Waals surface area (Å²) in [7, 11) is 1.45. The van der Waals surface area contributed by atoms with Gasteiger partial charge in [0.1, 0.15) is 0 Å². The van der Waals surface area contributed by atoms with Gasteiger partial charge in [-0.15, -0.1) is 0 Å². The maximum absolute atomic E-state index is 13.3. The fourth-order valence-corrected chi connectivity index (χ4v) is 3.84. The Labute approximate surface area is 194 Å². The topological polar surface area (TPSA) is 59.1 Å². The SMILES string of the molecule is CCCOc1c(Cl)cc(C(=O)N2CCN(C(=O)c3ccccc3C(F)(F)F)CC2)cc1OC. The molecular weight excluding hydrogens is 461 g/mol. The largest absolute Gasteiger partial charge is 0.493 e. The molecule has 0 radical (unpaired) electrons. The Morgan fingerprint density at radius 1 is 1.03 bits per heavy atom. The van der Waals surface area contributed by atoms with Crippen LogP contribution in [0.15, 0.2) is 36.4 Å². The lowest BCUT2D eigenvalue weighted by atomic mass is 10.1. The minimum absolute atomic E-state index is 0.110. The zero-order chi connectivity index (χ0) is 24.2. The smallest absolute Gasteiger partial charge is 0.417 e. The van der Waals surface area contributed by atoms with Crippen LogP contribution in [0.1, 0.15) is 39.6 Å². The van der Waals surface area contributed by atoms with Crippen LogP contribution in [-0.4, -0.2) is 61.5 Å². The van der Waals surface area contributed by atoms with Crippen molar-refractivity contribution in [3.05, 3.63) is 58.1 Å². The summed E-state index contributed by atoms with van der Waals surface area (Å²) in [5.41, 5.74) is -1.08. The number of halogens is 4. The van der Waals surface area contributed by atoms with E-state index in [-0.39, 0.29) is 37.1 Å². The molecule has 2 aromatic rings. The maximum Gasteiger partial charge on any atom is 0.417 e. The van der Waals surface area contributed by atoms with Gasteiger partial charge in [0.2, 0.25) is 0 Å². The third-order valence-corrected chi connectivity index (χ3v) is 5.52. The van der Waals surface area contributed by atoms with Crippen molar-refractivity contribution < 1.29 is 32.2 Å². The standard InChI is InChI=1S/C23H24ClF3N2O4/c1-3-12-33-20-18(24)13-15(14-19(20)32-2)21(30)28-8-10-29(11-9-28)22(31)16-6-4-5-7-17(16)23(25,26)27/h4-7,13-14H,3,8-12H2,1-2H3. The average Bonchev–Trinajstić information content (AvgIpc) is 2.81. The molecule has 10 heteroatoms. The fourth-order valence-electron chi connectivity index (χ4n) is 3.57. The van der Waals surface area contributed by atoms with Gasteiger partial charge in [0.15, 0.2) is 11.5 Å². The van der Waals surface area contributed by atoms with Gasteiger partial charge in [0.25, 0.3) is 11.8 Å². The van der Waals surface area contributed by atoms with E-state index in [1.165, 1.54) is 47.2 Å². The van der Waals surface area contributed by atoms with Crippen molar-refractivity contribution in [2.75, 3.05) is 39.9 Å². The van der Waals surface area contributed by atoms with Crippen LogP contribution in [0.4, 0.5) is 13.2 Å². The Bertz CT molecular complexity index is 1020. The van der Waals surface area contributed by atoms with Crippen LogP contribution in [0.25, 0.3) is 0 Å². The second kappa shape index (κ2) is 10.3. The summed E-state index contributed by atoms with van der Waals surface area (Å²) in [4.78, 5) is 28.6. The van der Waals surface area contributed by atoms with Crippen LogP contribution in [0, 0.1) is 0 Å². The molecule has 3 rings (SSSR count). The summed E-state index contributed by atoms with van der Waals surface area (Å²) in [5.74, 6) is -0.342. The number of carbonyl (C=O) groups excluding carboxylic acids is 2. The lowest BCUT2D eigenvalue weighted by molar-refractivity contribution is -0.138. The number of amides is 2. The lowest BCUT2D eigenvalue weighted by Gasteiger charge is -2.35. The molecule has 0 N–H and O–H groups in total. The first kappa shape index (κ1) is 24.7. The van der Waals surface area contributed by atoms with E-state index < -0.39 is 23.2 Å². The summed E-state index contributed by atoms with van der Waals surface area (Å²) < 4.78 is 50.7. The molecule has 0 atom stereocenters. The summed E-state index contributed by atoms with van der Waals surface area (Å²) in [6.45, 7) is 2.96. The molecule has 178 valence electrons. The maximum atomic E-state index is 13.3. The number of benzene rings is 2. The number of piperazine rings is 1. The molecule has 0 unspecified atom stereocenters. The van der Waals surface area contributed by atoms with Crippen LogP contribution >= 0.6 is 11.6 Å². The highest BCUT2D eigenvalue weighted by molar-refractivity contribution is 6.32. The summed E-state index contributed by atoms with van der Waals surface area (Å²) in [6.07, 6.45) is -3.86. The van der Waals surface area contributed by atoms with E-state index in [2.05, 4.69) is 0 Å². The van der Waals surface area contributed by atoms with Gasteiger partial charge in [-0.25, -0.2) is 0 Å². The van der Waals surface area contributed by atoms with Gasteiger partial charge >= 0.3 is 6.18 Å². The van der Waals surface area contributed by atoms with E-state index in [0.717, 1.165) is 12.5 Å². The van der Waals surface area contributed by atoms with Gasteiger partial charge in [0, 0.05) is 31.7 Å². The Morgan fingerprint density at radius 3 is 2.21 bits per heavy atom. The van der Waals surface area contributed by atoms with Crippen LogP contribution < -0.4 is 9.47 Å². The highest BCUT2D eigenvalue weighted by Crippen LogP contribution is 2.37. The molecule has 1 saturated heterocycles. The number of carbonyl (C=O) groups is 2. The fraction of sp³-hybridized carbons (Fsp3) is 0.391. The Hall–Kier alpha value is -2.94. The first-order valence-corrected chi connectivity index (χ1v) is 10.8. The molecule has 1 aliphatic rings. The molecule has 6 nitrogen and oxygen atoms in total. The number of nitrogens with zero attached hydrogens (tertiary/aromatic N) is 2. The van der Waals surface area contributed by atoms with E-state index in [1.54, 1.807) is 0 Å². The van der Waals surface area contributed by atoms with Crippen molar-refractivity contribution in [1.29, 1.82) is 0 Å². The highest BCUT2D eigenvalue weighted by Gasteiger charge is 2.36. The number of rotatable bonds is 6. The van der Waals surface area contributed by atoms with Crippen LogP contribution in [-0.2, 0) is 6.18 Å². The lowest BCUT2D eigenvalue weighted by Crippen LogP contribution is -2.50. The molecule has 0 aromatic heterocycles. The van der Waals surface area contributed by atoms with E-state index in [4.69, 9.17) is 21.1 Å². The Balaban J connectivity index is 1.71. The number of hydrogen-bond acceptors (Lipinski definition) is 4. The normalized spacial score (nSPS) is 14.2. The van der Waals surface area contributed by atoms with Gasteiger partial charge in [-0.2, -0.15) is 13.2 Å². The summed E-state index contributed by atoms with van der Waals surface area (Å²) >= 11 is 6.30. The zero-order valence-electron chi connectivity index (χ0n) is 18.2. The minimum atomic E-state index is -4.63. The first-order chi connectivity index (χ1) is 15.7. The quantitative estimate of drug-likeness (QED) is 0.593. The van der Waals surface area contributed by atoms with Gasteiger partial charge < -0.3 is 19.3 Å². The Kier molecular flexibility index (Phi) is 7.73.